The van der Waals surface area contributed by atoms with Crippen molar-refractivity contribution in [1.29, 1.82) is 0 Å². The van der Waals surface area contributed by atoms with Crippen molar-refractivity contribution >= 4 is 17.3 Å². The van der Waals surface area contributed by atoms with Gasteiger partial charge in [0, 0.05) is 0 Å². The van der Waals surface area contributed by atoms with Crippen molar-refractivity contribution < 1.29 is 28.5 Å². The predicted octanol–water partition coefficient (Wildman–Crippen LogP) is 6.78. The van der Waals surface area contributed by atoms with E-state index in [1.807, 2.05) is 157 Å². The van der Waals surface area contributed by atoms with Crippen LogP contribution < -0.4 is 10.4 Å². The summed E-state index contributed by atoms with van der Waals surface area (Å²) in [6.45, 7) is 1.35. The van der Waals surface area contributed by atoms with Gasteiger partial charge in [-0.05, 0) is 41.0 Å². The number of benzene rings is 5. The highest BCUT2D eigenvalue weighted by Gasteiger charge is 2.60. The minimum Gasteiger partial charge on any atom is -0.455 e. The number of anilines is 2. The minimum absolute atomic E-state index is 0.253. The Morgan fingerprint density at radius 1 is 0.612 bits per heavy atom. The second kappa shape index (κ2) is 16.0. The van der Waals surface area contributed by atoms with Crippen LogP contribution in [0, 0.1) is 0 Å². The standard InChI is InChI=1S/C41H40N2O6/c44-41-36(42-43(33-22-12-4-13-23-33)34-24-14-5-15-25-34)38-40(49-41)39(47-28-32-20-10-3-11-21-32)37(48-38)35(46-27-31-18-8-2-9-19-31)29-45-26-30-16-6-1-7-17-30/h1-25,35-40,42H,26-29H2/t35-,36+,37-,38-,39+,40+/m1/s1. The van der Waals surface area contributed by atoms with Gasteiger partial charge in [0.2, 0.25) is 0 Å². The van der Waals surface area contributed by atoms with Gasteiger partial charge < -0.3 is 23.7 Å². The van der Waals surface area contributed by atoms with Crippen LogP contribution in [-0.2, 0) is 48.3 Å². The maximum atomic E-state index is 13.6. The number of carbonyl (C=O) groups is 1. The molecule has 2 heterocycles. The Kier molecular flexibility index (Phi) is 10.7. The maximum Gasteiger partial charge on any atom is 0.328 e. The molecule has 0 saturated carbocycles. The number of nitrogens with one attached hydrogen (secondary N) is 1. The third kappa shape index (κ3) is 8.08. The van der Waals surface area contributed by atoms with Gasteiger partial charge in [-0.1, -0.05) is 127 Å². The van der Waals surface area contributed by atoms with Gasteiger partial charge in [0.25, 0.3) is 0 Å². The van der Waals surface area contributed by atoms with Gasteiger partial charge in [0.1, 0.15) is 24.4 Å². The van der Waals surface area contributed by atoms with E-state index in [-0.39, 0.29) is 6.61 Å². The van der Waals surface area contributed by atoms with Crippen LogP contribution in [0.15, 0.2) is 152 Å². The van der Waals surface area contributed by atoms with Gasteiger partial charge in [0.05, 0.1) is 37.8 Å². The molecule has 49 heavy (non-hydrogen) atoms. The Hall–Kier alpha value is -4.83. The topological polar surface area (TPSA) is 78.5 Å². The van der Waals surface area contributed by atoms with Gasteiger partial charge in [-0.15, -0.1) is 0 Å². The van der Waals surface area contributed by atoms with Gasteiger partial charge >= 0.3 is 5.97 Å². The zero-order chi connectivity index (χ0) is 33.3. The molecule has 2 saturated heterocycles. The molecule has 2 fully saturated rings. The summed E-state index contributed by atoms with van der Waals surface area (Å²) in [6.07, 6.45) is -3.02. The first-order valence-electron chi connectivity index (χ1n) is 16.7. The van der Waals surface area contributed by atoms with Crippen molar-refractivity contribution in [2.45, 2.75) is 56.4 Å². The number of nitrogens with zero attached hydrogens (tertiary/aromatic N) is 1. The van der Waals surface area contributed by atoms with Crippen molar-refractivity contribution in [1.82, 2.24) is 5.43 Å². The van der Waals surface area contributed by atoms with Crippen LogP contribution in [0.2, 0.25) is 0 Å². The van der Waals surface area contributed by atoms with Crippen LogP contribution in [0.5, 0.6) is 0 Å². The zero-order valence-corrected chi connectivity index (χ0v) is 27.1. The molecule has 0 aliphatic carbocycles. The molecule has 7 rings (SSSR count). The zero-order valence-electron chi connectivity index (χ0n) is 27.1. The van der Waals surface area contributed by atoms with Crippen LogP contribution in [0.4, 0.5) is 11.4 Å². The number of para-hydroxylation sites is 2. The number of esters is 1. The van der Waals surface area contributed by atoms with Crippen molar-refractivity contribution in [3.05, 3.63) is 168 Å². The van der Waals surface area contributed by atoms with E-state index in [2.05, 4.69) is 5.43 Å². The fourth-order valence-electron chi connectivity index (χ4n) is 6.31. The van der Waals surface area contributed by atoms with Crippen LogP contribution in [0.3, 0.4) is 0 Å². The number of carbonyl (C=O) groups excluding carboxylic acids is 1. The molecule has 0 bridgehead atoms. The molecule has 250 valence electrons. The molecular formula is C41H40N2O6. The number of rotatable bonds is 15. The third-order valence-corrected chi connectivity index (χ3v) is 8.77. The first-order valence-corrected chi connectivity index (χ1v) is 16.7. The van der Waals surface area contributed by atoms with Crippen molar-refractivity contribution in [2.75, 3.05) is 11.6 Å². The molecule has 5 aromatic rings. The van der Waals surface area contributed by atoms with Crippen molar-refractivity contribution in [3.8, 4) is 0 Å². The van der Waals surface area contributed by atoms with E-state index < -0.39 is 42.5 Å². The Bertz CT molecular complexity index is 1690. The number of hydrogen-bond donors (Lipinski definition) is 1. The van der Waals surface area contributed by atoms with Crippen LogP contribution in [0.1, 0.15) is 16.7 Å². The van der Waals surface area contributed by atoms with E-state index in [0.29, 0.717) is 19.8 Å². The Morgan fingerprint density at radius 2 is 1.10 bits per heavy atom. The van der Waals surface area contributed by atoms with Gasteiger partial charge in [-0.25, -0.2) is 5.43 Å². The summed E-state index contributed by atoms with van der Waals surface area (Å²) < 4.78 is 32.4. The lowest BCUT2D eigenvalue weighted by Crippen LogP contribution is -2.51. The summed E-state index contributed by atoms with van der Waals surface area (Å²) in [6, 6.07) is 48.9. The molecule has 0 aromatic heterocycles. The van der Waals surface area contributed by atoms with Crippen LogP contribution >= 0.6 is 0 Å². The molecule has 8 nitrogen and oxygen atoms in total. The Labute approximate surface area is 287 Å². The summed E-state index contributed by atoms with van der Waals surface area (Å²) in [4.78, 5) is 13.6. The van der Waals surface area contributed by atoms with Crippen LogP contribution in [-0.4, -0.2) is 49.1 Å². The molecule has 0 radical (unpaired) electrons. The van der Waals surface area contributed by atoms with E-state index in [0.717, 1.165) is 28.1 Å². The van der Waals surface area contributed by atoms with E-state index in [1.165, 1.54) is 0 Å². The Balaban J connectivity index is 1.16. The smallest absolute Gasteiger partial charge is 0.328 e. The lowest BCUT2D eigenvalue weighted by molar-refractivity contribution is -0.162. The number of hydrazine groups is 1. The molecule has 0 amide bonds. The molecule has 1 N–H and O–H groups in total. The molecular weight excluding hydrogens is 616 g/mol. The molecule has 8 heteroatoms. The first-order chi connectivity index (χ1) is 24.2. The molecule has 2 aliphatic rings. The maximum absolute atomic E-state index is 13.6. The molecule has 5 aromatic carbocycles. The monoisotopic (exact) mass is 656 g/mol. The van der Waals surface area contributed by atoms with E-state index in [9.17, 15) is 4.79 Å². The van der Waals surface area contributed by atoms with Crippen molar-refractivity contribution in [2.24, 2.45) is 0 Å². The SMILES string of the molecule is O=C1O[C@@H]2[C@@H](OCc3ccccc3)[C@@H]([C@@H](COCc3ccccc3)OCc3ccccc3)O[C@@H]2[C@@H]1NN(c1ccccc1)c1ccccc1. The highest BCUT2D eigenvalue weighted by atomic mass is 16.7. The molecule has 6 atom stereocenters. The quantitative estimate of drug-likeness (QED) is 0.0977. The largest absolute Gasteiger partial charge is 0.455 e. The van der Waals surface area contributed by atoms with E-state index >= 15 is 0 Å². The number of hydrogen-bond acceptors (Lipinski definition) is 8. The summed E-state index contributed by atoms with van der Waals surface area (Å²) >= 11 is 0. The third-order valence-electron chi connectivity index (χ3n) is 8.77. The average Bonchev–Trinajstić information content (AvgIpc) is 3.66. The van der Waals surface area contributed by atoms with Crippen LogP contribution in [0.25, 0.3) is 0 Å². The summed E-state index contributed by atoms with van der Waals surface area (Å²) in [5.74, 6) is -0.402. The average molecular weight is 657 g/mol. The predicted molar refractivity (Wildman–Crippen MR) is 187 cm³/mol. The lowest BCUT2D eigenvalue weighted by Gasteiger charge is -2.31. The second-order valence-corrected chi connectivity index (χ2v) is 12.2. The second-order valence-electron chi connectivity index (χ2n) is 12.2. The minimum atomic E-state index is -0.807. The number of fused-ring (bicyclic) bond motifs is 1. The molecule has 0 unspecified atom stereocenters. The summed E-state index contributed by atoms with van der Waals surface area (Å²) in [5, 5.41) is 1.90. The normalized spacial score (nSPS) is 22.0. The fraction of sp³-hybridized carbons (Fsp3) is 0.244. The fourth-order valence-corrected chi connectivity index (χ4v) is 6.31. The van der Waals surface area contributed by atoms with Gasteiger partial charge in [-0.2, -0.15) is 0 Å². The van der Waals surface area contributed by atoms with Gasteiger partial charge in [-0.3, -0.25) is 9.80 Å². The highest BCUT2D eigenvalue weighted by molar-refractivity contribution is 5.80. The van der Waals surface area contributed by atoms with Gasteiger partial charge in [0.15, 0.2) is 12.1 Å². The Morgan fingerprint density at radius 3 is 1.65 bits per heavy atom. The first kappa shape index (κ1) is 32.7. The number of ether oxygens (including phenoxy) is 5. The molecule has 2 aliphatic heterocycles. The lowest BCUT2D eigenvalue weighted by atomic mass is 10.0. The van der Waals surface area contributed by atoms with E-state index in [1.54, 1.807) is 0 Å². The van der Waals surface area contributed by atoms with Crippen molar-refractivity contribution in [3.63, 3.8) is 0 Å². The highest BCUT2D eigenvalue weighted by Crippen LogP contribution is 2.38. The summed E-state index contributed by atoms with van der Waals surface area (Å²) in [7, 11) is 0. The molecule has 0 spiro atoms. The summed E-state index contributed by atoms with van der Waals surface area (Å²) in [5.41, 5.74) is 8.29. The van der Waals surface area contributed by atoms with E-state index in [4.69, 9.17) is 23.7 Å².